The van der Waals surface area contributed by atoms with Gasteiger partial charge in [0, 0.05) is 24.2 Å². The third-order valence-corrected chi connectivity index (χ3v) is 2.84. The highest BCUT2D eigenvalue weighted by Gasteiger charge is 2.13. The molecule has 0 amide bonds. The first-order valence-corrected chi connectivity index (χ1v) is 6.24. The minimum absolute atomic E-state index is 0.112. The van der Waals surface area contributed by atoms with Crippen LogP contribution in [0.25, 0.3) is 0 Å². The summed E-state index contributed by atoms with van der Waals surface area (Å²) in [6.45, 7) is 9.09. The maximum Gasteiger partial charge on any atom is 0.270 e. The molecule has 0 saturated carbocycles. The summed E-state index contributed by atoms with van der Waals surface area (Å²) < 4.78 is 5.51. The largest absolute Gasteiger partial charge is 0.494 e. The van der Waals surface area contributed by atoms with Gasteiger partial charge < -0.3 is 4.74 Å². The monoisotopic (exact) mass is 252 g/mol. The summed E-state index contributed by atoms with van der Waals surface area (Å²) in [5.74, 6) is 0.731. The minimum atomic E-state index is -0.374. The molecular weight excluding hydrogens is 232 g/mol. The zero-order valence-corrected chi connectivity index (χ0v) is 11.2. The molecule has 0 N–H and O–H groups in total. The van der Waals surface area contributed by atoms with E-state index in [1.807, 2.05) is 6.92 Å². The van der Waals surface area contributed by atoms with Crippen LogP contribution in [0.5, 0.6) is 5.75 Å². The number of hydrogen-bond donors (Lipinski definition) is 0. The lowest BCUT2D eigenvalue weighted by atomic mass is 10.1. The number of ether oxygens (including phenoxy) is 1. The molecule has 0 unspecified atom stereocenters. The summed E-state index contributed by atoms with van der Waals surface area (Å²) in [6.07, 6.45) is 0. The molecule has 100 valence electrons. The van der Waals surface area contributed by atoms with Gasteiger partial charge >= 0.3 is 0 Å². The van der Waals surface area contributed by atoms with E-state index in [0.717, 1.165) is 24.4 Å². The van der Waals surface area contributed by atoms with Gasteiger partial charge in [0.05, 0.1) is 11.5 Å². The van der Waals surface area contributed by atoms with E-state index in [9.17, 15) is 10.1 Å². The van der Waals surface area contributed by atoms with Gasteiger partial charge in [-0.2, -0.15) is 0 Å². The molecule has 0 radical (unpaired) electrons. The molecule has 0 fully saturated rings. The Balaban J connectivity index is 3.02. The van der Waals surface area contributed by atoms with Crippen LogP contribution in [0.15, 0.2) is 18.2 Å². The number of non-ortho nitro benzene ring substituents is 1. The van der Waals surface area contributed by atoms with Crippen LogP contribution in [0.4, 0.5) is 5.69 Å². The van der Waals surface area contributed by atoms with Crippen LogP contribution >= 0.6 is 0 Å². The van der Waals surface area contributed by atoms with Gasteiger partial charge in [-0.1, -0.05) is 13.8 Å². The van der Waals surface area contributed by atoms with Crippen LogP contribution in [0.2, 0.25) is 0 Å². The Morgan fingerprint density at radius 2 is 1.94 bits per heavy atom. The normalized spacial score (nSPS) is 10.7. The Bertz CT molecular complexity index is 403. The van der Waals surface area contributed by atoms with Gasteiger partial charge in [-0.25, -0.2) is 0 Å². The van der Waals surface area contributed by atoms with Crippen molar-refractivity contribution in [3.05, 3.63) is 33.9 Å². The quantitative estimate of drug-likeness (QED) is 0.553. The fraction of sp³-hybridized carbons (Fsp3) is 0.538. The number of nitrogens with zero attached hydrogens (tertiary/aromatic N) is 2. The van der Waals surface area contributed by atoms with Crippen molar-refractivity contribution >= 4 is 5.69 Å². The van der Waals surface area contributed by atoms with E-state index in [1.54, 1.807) is 12.1 Å². The molecule has 0 spiro atoms. The standard InChI is InChI=1S/C13H20N2O3/c1-4-14(5-2)10-11-9-12(15(16)17)7-8-13(11)18-6-3/h7-9H,4-6,10H2,1-3H3. The van der Waals surface area contributed by atoms with Gasteiger partial charge in [0.15, 0.2) is 0 Å². The van der Waals surface area contributed by atoms with Crippen LogP contribution in [0.1, 0.15) is 26.3 Å². The highest BCUT2D eigenvalue weighted by atomic mass is 16.6. The van der Waals surface area contributed by atoms with Gasteiger partial charge in [-0.3, -0.25) is 15.0 Å². The maximum absolute atomic E-state index is 10.8. The number of rotatable bonds is 7. The number of nitro groups is 1. The van der Waals surface area contributed by atoms with Crippen molar-refractivity contribution in [2.45, 2.75) is 27.3 Å². The van der Waals surface area contributed by atoms with E-state index in [0.29, 0.717) is 13.2 Å². The average Bonchev–Trinajstić information content (AvgIpc) is 2.37. The summed E-state index contributed by atoms with van der Waals surface area (Å²) in [5, 5.41) is 10.8. The first-order valence-electron chi connectivity index (χ1n) is 6.24. The van der Waals surface area contributed by atoms with Crippen molar-refractivity contribution in [2.75, 3.05) is 19.7 Å². The first kappa shape index (κ1) is 14.4. The van der Waals surface area contributed by atoms with E-state index < -0.39 is 0 Å². The van der Waals surface area contributed by atoms with Crippen molar-refractivity contribution in [2.24, 2.45) is 0 Å². The lowest BCUT2D eigenvalue weighted by Gasteiger charge is -2.19. The van der Waals surface area contributed by atoms with Gasteiger partial charge in [0.1, 0.15) is 5.75 Å². The Hall–Kier alpha value is -1.62. The maximum atomic E-state index is 10.8. The van der Waals surface area contributed by atoms with Crippen molar-refractivity contribution in [3.8, 4) is 5.75 Å². The third kappa shape index (κ3) is 3.70. The van der Waals surface area contributed by atoms with Crippen molar-refractivity contribution < 1.29 is 9.66 Å². The molecule has 0 bridgehead atoms. The van der Waals surface area contributed by atoms with Gasteiger partial charge in [0.2, 0.25) is 0 Å². The third-order valence-electron chi connectivity index (χ3n) is 2.84. The second-order valence-corrected chi connectivity index (χ2v) is 3.94. The summed E-state index contributed by atoms with van der Waals surface area (Å²) >= 11 is 0. The van der Waals surface area contributed by atoms with Gasteiger partial charge in [-0.15, -0.1) is 0 Å². The van der Waals surface area contributed by atoms with Crippen LogP contribution in [0.3, 0.4) is 0 Å². The van der Waals surface area contributed by atoms with E-state index in [2.05, 4.69) is 18.7 Å². The second kappa shape index (κ2) is 6.96. The Morgan fingerprint density at radius 1 is 1.28 bits per heavy atom. The van der Waals surface area contributed by atoms with Crippen LogP contribution in [-0.2, 0) is 6.54 Å². The lowest BCUT2D eigenvalue weighted by molar-refractivity contribution is -0.385. The molecule has 1 aromatic rings. The van der Waals surface area contributed by atoms with Crippen molar-refractivity contribution in [1.29, 1.82) is 0 Å². The van der Waals surface area contributed by atoms with Crippen molar-refractivity contribution in [1.82, 2.24) is 4.90 Å². The predicted octanol–water partition coefficient (Wildman–Crippen LogP) is 2.84. The predicted molar refractivity (Wildman–Crippen MR) is 70.9 cm³/mol. The highest BCUT2D eigenvalue weighted by molar-refractivity contribution is 5.43. The fourth-order valence-corrected chi connectivity index (χ4v) is 1.79. The molecule has 0 aliphatic carbocycles. The molecule has 5 heteroatoms. The zero-order chi connectivity index (χ0) is 13.5. The molecule has 0 aliphatic rings. The number of benzene rings is 1. The molecule has 1 aromatic carbocycles. The number of nitro benzene ring substituents is 1. The van der Waals surface area contributed by atoms with E-state index in [1.165, 1.54) is 6.07 Å². The van der Waals surface area contributed by atoms with E-state index in [4.69, 9.17) is 4.74 Å². The highest BCUT2D eigenvalue weighted by Crippen LogP contribution is 2.25. The molecule has 1 rings (SSSR count). The molecule has 0 atom stereocenters. The minimum Gasteiger partial charge on any atom is -0.494 e. The van der Waals surface area contributed by atoms with E-state index in [-0.39, 0.29) is 10.6 Å². The van der Waals surface area contributed by atoms with Crippen LogP contribution < -0.4 is 4.74 Å². The van der Waals surface area contributed by atoms with Crippen LogP contribution in [-0.4, -0.2) is 29.5 Å². The average molecular weight is 252 g/mol. The van der Waals surface area contributed by atoms with Gasteiger partial charge in [-0.05, 0) is 26.1 Å². The van der Waals surface area contributed by atoms with Gasteiger partial charge in [0.25, 0.3) is 5.69 Å². The molecule has 0 heterocycles. The van der Waals surface area contributed by atoms with E-state index >= 15 is 0 Å². The van der Waals surface area contributed by atoms with Crippen molar-refractivity contribution in [3.63, 3.8) is 0 Å². The fourth-order valence-electron chi connectivity index (χ4n) is 1.79. The molecule has 0 aliphatic heterocycles. The smallest absolute Gasteiger partial charge is 0.270 e. The summed E-state index contributed by atoms with van der Waals surface area (Å²) in [4.78, 5) is 12.6. The SMILES string of the molecule is CCOc1ccc([N+](=O)[O-])cc1CN(CC)CC. The lowest BCUT2D eigenvalue weighted by Crippen LogP contribution is -2.22. The Kier molecular flexibility index (Phi) is 5.58. The van der Waals surface area contributed by atoms with Crippen LogP contribution in [0, 0.1) is 10.1 Å². The summed E-state index contributed by atoms with van der Waals surface area (Å²) in [7, 11) is 0. The Labute approximate surface area is 108 Å². The molecule has 18 heavy (non-hydrogen) atoms. The molecule has 0 saturated heterocycles. The Morgan fingerprint density at radius 3 is 2.44 bits per heavy atom. The molecule has 0 aromatic heterocycles. The second-order valence-electron chi connectivity index (χ2n) is 3.94. The molecular formula is C13H20N2O3. The molecule has 5 nitrogen and oxygen atoms in total. The summed E-state index contributed by atoms with van der Waals surface area (Å²) in [6, 6.07) is 4.76. The first-order chi connectivity index (χ1) is 8.62. The topological polar surface area (TPSA) is 55.6 Å². The zero-order valence-electron chi connectivity index (χ0n) is 11.2. The summed E-state index contributed by atoms with van der Waals surface area (Å²) in [5.41, 5.74) is 0.982. The number of hydrogen-bond acceptors (Lipinski definition) is 4.